The molecule has 4 rings (SSSR count). The summed E-state index contributed by atoms with van der Waals surface area (Å²) in [5, 5.41) is 5.94. The highest BCUT2D eigenvalue weighted by Gasteiger charge is 2.40. The molecule has 2 saturated carbocycles. The van der Waals surface area contributed by atoms with E-state index in [4.69, 9.17) is 5.73 Å². The molecule has 1 aromatic heterocycles. The molecule has 3 N–H and O–H groups in total. The normalized spacial score (nSPS) is 30.7. The number of anilines is 1. The Labute approximate surface area is 178 Å². The van der Waals surface area contributed by atoms with Crippen LogP contribution < -0.4 is 11.1 Å². The Kier molecular flexibility index (Phi) is 8.81. The van der Waals surface area contributed by atoms with E-state index in [9.17, 15) is 4.79 Å². The number of nitrogens with one attached hydrogen (secondary N) is 1. The second-order valence-corrected chi connectivity index (χ2v) is 9.02. The summed E-state index contributed by atoms with van der Waals surface area (Å²) < 4.78 is 0. The number of hydrogen-bond donors (Lipinski definition) is 2. The van der Waals surface area contributed by atoms with Gasteiger partial charge < -0.3 is 11.1 Å². The Morgan fingerprint density at radius 1 is 1.15 bits per heavy atom. The number of carbonyl (C=O) groups is 1. The number of likely N-dealkylation sites (tertiary alicyclic amines) is 1. The molecule has 2 atom stereocenters. The number of rotatable bonds is 4. The first-order chi connectivity index (χ1) is 12.2. The molecule has 27 heavy (non-hydrogen) atoms. The maximum Gasteiger partial charge on any atom is 0.229 e. The van der Waals surface area contributed by atoms with E-state index in [-0.39, 0.29) is 36.6 Å². The highest BCUT2D eigenvalue weighted by Crippen LogP contribution is 2.42. The Morgan fingerprint density at radius 3 is 2.48 bits per heavy atom. The molecule has 0 aromatic carbocycles. The van der Waals surface area contributed by atoms with Crippen molar-refractivity contribution in [1.82, 2.24) is 9.88 Å². The van der Waals surface area contributed by atoms with Gasteiger partial charge >= 0.3 is 0 Å². The molecule has 2 unspecified atom stereocenters. The van der Waals surface area contributed by atoms with Gasteiger partial charge in [0.15, 0.2) is 5.13 Å². The Hall–Kier alpha value is -0.400. The first-order valence-corrected chi connectivity index (χ1v) is 10.8. The molecule has 5 nitrogen and oxygen atoms in total. The number of carbonyl (C=O) groups excluding carboxylic acids is 1. The van der Waals surface area contributed by atoms with E-state index in [0.717, 1.165) is 30.2 Å². The van der Waals surface area contributed by atoms with Crippen LogP contribution >= 0.6 is 36.2 Å². The first-order valence-electron chi connectivity index (χ1n) is 9.92. The minimum atomic E-state index is 0. The van der Waals surface area contributed by atoms with Crippen molar-refractivity contribution in [1.29, 1.82) is 0 Å². The van der Waals surface area contributed by atoms with Gasteiger partial charge in [-0.05, 0) is 63.5 Å². The summed E-state index contributed by atoms with van der Waals surface area (Å²) in [6.07, 6.45) is 9.51. The second-order valence-electron chi connectivity index (χ2n) is 8.17. The summed E-state index contributed by atoms with van der Waals surface area (Å²) in [5.74, 6) is 1.34. The van der Waals surface area contributed by atoms with Crippen molar-refractivity contribution < 1.29 is 4.79 Å². The number of fused-ring (bicyclic) bond motifs is 2. The van der Waals surface area contributed by atoms with Crippen LogP contribution in [0.2, 0.25) is 0 Å². The zero-order valence-corrected chi connectivity index (χ0v) is 18.2. The van der Waals surface area contributed by atoms with Crippen LogP contribution in [-0.2, 0) is 11.3 Å². The highest BCUT2D eigenvalue weighted by atomic mass is 35.5. The lowest BCUT2D eigenvalue weighted by Gasteiger charge is -2.43. The molecule has 1 aliphatic heterocycles. The summed E-state index contributed by atoms with van der Waals surface area (Å²) in [6.45, 7) is 3.25. The highest BCUT2D eigenvalue weighted by molar-refractivity contribution is 7.13. The number of amides is 1. The Balaban J connectivity index is 0.00000131. The van der Waals surface area contributed by atoms with Crippen LogP contribution in [0.3, 0.4) is 0 Å². The van der Waals surface area contributed by atoms with Crippen LogP contribution in [0, 0.1) is 17.8 Å². The monoisotopic (exact) mass is 434 g/mol. The molecule has 154 valence electrons. The van der Waals surface area contributed by atoms with Gasteiger partial charge in [0.2, 0.25) is 5.91 Å². The molecule has 0 radical (unpaired) electrons. The molecule has 1 aromatic rings. The van der Waals surface area contributed by atoms with Gasteiger partial charge in [-0.25, -0.2) is 4.98 Å². The SMILES string of the molecule is Cl.Cl.NC1C2CCCC1CC(C(=O)Nc1nc(CN3CCCCC3)cs1)C2. The van der Waals surface area contributed by atoms with Crippen molar-refractivity contribution in [3.8, 4) is 0 Å². The summed E-state index contributed by atoms with van der Waals surface area (Å²) in [5.41, 5.74) is 7.43. The van der Waals surface area contributed by atoms with E-state index >= 15 is 0 Å². The quantitative estimate of drug-likeness (QED) is 0.748. The van der Waals surface area contributed by atoms with E-state index < -0.39 is 0 Å². The van der Waals surface area contributed by atoms with E-state index in [1.165, 1.54) is 51.6 Å². The summed E-state index contributed by atoms with van der Waals surface area (Å²) in [6, 6.07) is 0.314. The fraction of sp³-hybridized carbons (Fsp3) is 0.789. The smallest absolute Gasteiger partial charge is 0.229 e. The molecule has 3 aliphatic rings. The number of aromatic nitrogens is 1. The third-order valence-corrected chi connectivity index (χ3v) is 7.21. The van der Waals surface area contributed by atoms with E-state index in [1.54, 1.807) is 11.3 Å². The molecule has 1 amide bonds. The number of piperidine rings is 1. The molecule has 8 heteroatoms. The van der Waals surface area contributed by atoms with Crippen LogP contribution in [0.15, 0.2) is 5.38 Å². The van der Waals surface area contributed by atoms with Gasteiger partial charge in [-0.3, -0.25) is 9.69 Å². The predicted octanol–water partition coefficient (Wildman–Crippen LogP) is 4.06. The predicted molar refractivity (Wildman–Crippen MR) is 116 cm³/mol. The topological polar surface area (TPSA) is 71.2 Å². The van der Waals surface area contributed by atoms with Crippen LogP contribution in [0.5, 0.6) is 0 Å². The average Bonchev–Trinajstić information content (AvgIpc) is 3.02. The average molecular weight is 435 g/mol. The fourth-order valence-electron chi connectivity index (χ4n) is 4.99. The molecule has 3 fully saturated rings. The van der Waals surface area contributed by atoms with Crippen molar-refractivity contribution in [3.63, 3.8) is 0 Å². The lowest BCUT2D eigenvalue weighted by atomic mass is 9.65. The molecule has 2 bridgehead atoms. The van der Waals surface area contributed by atoms with Gasteiger partial charge in [-0.2, -0.15) is 0 Å². The number of nitrogens with zero attached hydrogens (tertiary/aromatic N) is 2. The minimum Gasteiger partial charge on any atom is -0.327 e. The number of nitrogens with two attached hydrogens (primary N) is 1. The number of thiazole rings is 1. The maximum absolute atomic E-state index is 12.7. The standard InChI is InChI=1S/C19H30N4OS.2ClH/c20-17-13-5-4-6-14(17)10-15(9-13)18(24)22-19-21-16(12-25-19)11-23-7-2-1-3-8-23;;/h12-15,17H,1-11,20H2,(H,21,22,24);2*1H. The maximum atomic E-state index is 12.7. The van der Waals surface area contributed by atoms with E-state index in [1.807, 2.05) is 0 Å². The van der Waals surface area contributed by atoms with Gasteiger partial charge in [0.1, 0.15) is 0 Å². The first kappa shape index (κ1) is 22.9. The van der Waals surface area contributed by atoms with Crippen molar-refractivity contribution in [2.75, 3.05) is 18.4 Å². The van der Waals surface area contributed by atoms with Gasteiger partial charge in [0.25, 0.3) is 0 Å². The zero-order chi connectivity index (χ0) is 17.2. The molecular formula is C19H32Cl2N4OS. The van der Waals surface area contributed by atoms with Gasteiger partial charge in [0.05, 0.1) is 5.69 Å². The molecular weight excluding hydrogens is 403 g/mol. The van der Waals surface area contributed by atoms with Gasteiger partial charge in [-0.15, -0.1) is 36.2 Å². The van der Waals surface area contributed by atoms with Crippen LogP contribution in [-0.4, -0.2) is 34.9 Å². The van der Waals surface area contributed by atoms with Crippen LogP contribution in [0.25, 0.3) is 0 Å². The summed E-state index contributed by atoms with van der Waals surface area (Å²) in [4.78, 5) is 19.8. The van der Waals surface area contributed by atoms with Crippen molar-refractivity contribution in [2.45, 2.75) is 64.0 Å². The van der Waals surface area contributed by atoms with Crippen molar-refractivity contribution in [2.24, 2.45) is 23.5 Å². The summed E-state index contributed by atoms with van der Waals surface area (Å²) >= 11 is 1.56. The zero-order valence-electron chi connectivity index (χ0n) is 15.8. The lowest BCUT2D eigenvalue weighted by molar-refractivity contribution is -0.122. The van der Waals surface area contributed by atoms with E-state index in [0.29, 0.717) is 17.9 Å². The second kappa shape index (κ2) is 10.4. The fourth-order valence-corrected chi connectivity index (χ4v) is 5.70. The van der Waals surface area contributed by atoms with Gasteiger partial charge in [0, 0.05) is 23.9 Å². The third kappa shape index (κ3) is 5.57. The molecule has 0 spiro atoms. The van der Waals surface area contributed by atoms with Crippen molar-refractivity contribution in [3.05, 3.63) is 11.1 Å². The Bertz CT molecular complexity index is 594. The minimum absolute atomic E-state index is 0. The third-order valence-electron chi connectivity index (χ3n) is 6.40. The van der Waals surface area contributed by atoms with Gasteiger partial charge in [-0.1, -0.05) is 12.8 Å². The van der Waals surface area contributed by atoms with Crippen LogP contribution in [0.4, 0.5) is 5.13 Å². The summed E-state index contributed by atoms with van der Waals surface area (Å²) in [7, 11) is 0. The number of halogens is 2. The van der Waals surface area contributed by atoms with E-state index in [2.05, 4.69) is 20.6 Å². The molecule has 1 saturated heterocycles. The molecule has 2 heterocycles. The van der Waals surface area contributed by atoms with Crippen LogP contribution in [0.1, 0.15) is 57.1 Å². The van der Waals surface area contributed by atoms with Crippen molar-refractivity contribution >= 4 is 47.2 Å². The molecule has 2 aliphatic carbocycles. The number of hydrogen-bond acceptors (Lipinski definition) is 5. The lowest BCUT2D eigenvalue weighted by Crippen LogP contribution is -2.48. The largest absolute Gasteiger partial charge is 0.327 e. The Morgan fingerprint density at radius 2 is 1.81 bits per heavy atom.